The number of thioether (sulfide) groups is 1. The van der Waals surface area contributed by atoms with Crippen LogP contribution in [0.5, 0.6) is 0 Å². The highest BCUT2D eigenvalue weighted by Gasteiger charge is 2.06. The first-order valence-electron chi connectivity index (χ1n) is 5.08. The molecule has 0 spiro atoms. The van der Waals surface area contributed by atoms with Gasteiger partial charge in [0.15, 0.2) is 5.12 Å². The molecule has 4 nitrogen and oxygen atoms in total. The Morgan fingerprint density at radius 2 is 2.29 bits per heavy atom. The predicted molar refractivity (Wildman–Crippen MR) is 68.0 cm³/mol. The first-order chi connectivity index (χ1) is 8.11. The molecule has 1 rings (SSSR count). The number of aromatic nitrogens is 1. The summed E-state index contributed by atoms with van der Waals surface area (Å²) in [5, 5.41) is 9.02. The zero-order chi connectivity index (χ0) is 12.7. The van der Waals surface area contributed by atoms with Gasteiger partial charge in [0.2, 0.25) is 0 Å². The Morgan fingerprint density at radius 1 is 1.53 bits per heavy atom. The lowest BCUT2D eigenvalue weighted by Gasteiger charge is -1.99. The first-order valence-corrected chi connectivity index (χ1v) is 6.07. The van der Waals surface area contributed by atoms with E-state index in [1.165, 1.54) is 37.1 Å². The number of aromatic carboxylic acids is 1. The van der Waals surface area contributed by atoms with Crippen LogP contribution in [0.3, 0.4) is 0 Å². The van der Waals surface area contributed by atoms with Crippen LogP contribution in [-0.4, -0.2) is 26.9 Å². The normalized spacial score (nSPS) is 10.6. The smallest absolute Gasteiger partial charge is 0.336 e. The Labute approximate surface area is 104 Å². The summed E-state index contributed by atoms with van der Waals surface area (Å²) in [5.74, 6) is -0.265. The number of carboxylic acid groups (broad SMARTS) is 1. The van der Waals surface area contributed by atoms with Gasteiger partial charge in [-0.25, -0.2) is 4.79 Å². The van der Waals surface area contributed by atoms with Crippen molar-refractivity contribution in [1.29, 1.82) is 0 Å². The van der Waals surface area contributed by atoms with Crippen LogP contribution in [0.1, 0.15) is 29.3 Å². The molecule has 90 valence electrons. The third-order valence-electron chi connectivity index (χ3n) is 1.97. The van der Waals surface area contributed by atoms with E-state index in [0.29, 0.717) is 11.3 Å². The molecule has 0 aromatic carbocycles. The number of carbonyl (C=O) groups excluding carboxylic acids is 1. The fourth-order valence-corrected chi connectivity index (χ4v) is 1.76. The molecule has 1 aromatic rings. The van der Waals surface area contributed by atoms with Crippen molar-refractivity contribution in [3.63, 3.8) is 0 Å². The van der Waals surface area contributed by atoms with Crippen molar-refractivity contribution in [3.05, 3.63) is 35.7 Å². The Hall–Kier alpha value is -1.62. The third kappa shape index (κ3) is 4.82. The summed E-state index contributed by atoms with van der Waals surface area (Å²) in [4.78, 5) is 25.4. The number of carbonyl (C=O) groups is 2. The average molecular weight is 251 g/mol. The summed E-state index contributed by atoms with van der Waals surface area (Å²) in [6.45, 7) is 1.53. The van der Waals surface area contributed by atoms with Crippen LogP contribution in [0.25, 0.3) is 6.08 Å². The SMILES string of the molecule is CC(=O)SCCC=Cc1cnccc1C(=O)O. The standard InChI is InChI=1S/C12H13NO3S/c1-9(14)17-7-3-2-4-10-8-13-6-5-11(10)12(15)16/h2,4-6,8H,3,7H2,1H3,(H,15,16). The fourth-order valence-electron chi connectivity index (χ4n) is 1.22. The van der Waals surface area contributed by atoms with E-state index < -0.39 is 5.97 Å². The van der Waals surface area contributed by atoms with E-state index in [1.54, 1.807) is 6.08 Å². The van der Waals surface area contributed by atoms with Gasteiger partial charge >= 0.3 is 5.97 Å². The minimum absolute atomic E-state index is 0.0889. The van der Waals surface area contributed by atoms with Gasteiger partial charge in [-0.3, -0.25) is 9.78 Å². The summed E-state index contributed by atoms with van der Waals surface area (Å²) in [5.41, 5.74) is 0.809. The Balaban J connectivity index is 2.59. The van der Waals surface area contributed by atoms with Crippen LogP contribution in [0.2, 0.25) is 0 Å². The van der Waals surface area contributed by atoms with Crippen LogP contribution in [-0.2, 0) is 4.79 Å². The Morgan fingerprint density at radius 3 is 2.94 bits per heavy atom. The number of hydrogen-bond acceptors (Lipinski definition) is 4. The largest absolute Gasteiger partial charge is 0.478 e. The number of allylic oxidation sites excluding steroid dienone is 1. The molecule has 0 bridgehead atoms. The van der Waals surface area contributed by atoms with Crippen molar-refractivity contribution in [2.45, 2.75) is 13.3 Å². The van der Waals surface area contributed by atoms with E-state index in [9.17, 15) is 9.59 Å². The zero-order valence-corrected chi connectivity index (χ0v) is 10.2. The number of pyridine rings is 1. The van der Waals surface area contributed by atoms with E-state index in [4.69, 9.17) is 5.11 Å². The highest BCUT2D eigenvalue weighted by atomic mass is 32.2. The van der Waals surface area contributed by atoms with E-state index in [-0.39, 0.29) is 10.7 Å². The lowest BCUT2D eigenvalue weighted by Crippen LogP contribution is -1.99. The van der Waals surface area contributed by atoms with Gasteiger partial charge in [-0.15, -0.1) is 0 Å². The topological polar surface area (TPSA) is 67.3 Å². The molecule has 5 heteroatoms. The van der Waals surface area contributed by atoms with Gasteiger partial charge in [0.25, 0.3) is 0 Å². The summed E-state index contributed by atoms with van der Waals surface area (Å²) >= 11 is 1.25. The zero-order valence-electron chi connectivity index (χ0n) is 9.42. The third-order valence-corrected chi connectivity index (χ3v) is 2.82. The predicted octanol–water partition coefficient (Wildman–Crippen LogP) is 2.46. The molecule has 0 amide bonds. The minimum atomic E-state index is -0.967. The number of carboxylic acids is 1. The van der Waals surface area contributed by atoms with Crippen LogP contribution in [0, 0.1) is 0 Å². The van der Waals surface area contributed by atoms with Crippen LogP contribution < -0.4 is 0 Å². The summed E-state index contributed by atoms with van der Waals surface area (Å²) in [7, 11) is 0. The van der Waals surface area contributed by atoms with Crippen molar-refractivity contribution < 1.29 is 14.7 Å². The van der Waals surface area contributed by atoms with Crippen LogP contribution in [0.4, 0.5) is 0 Å². The van der Waals surface area contributed by atoms with Crippen molar-refractivity contribution in [1.82, 2.24) is 4.98 Å². The van der Waals surface area contributed by atoms with E-state index >= 15 is 0 Å². The van der Waals surface area contributed by atoms with Crippen LogP contribution in [0.15, 0.2) is 24.5 Å². The molecule has 0 aliphatic rings. The lowest BCUT2D eigenvalue weighted by molar-refractivity contribution is -0.109. The highest BCUT2D eigenvalue weighted by Crippen LogP contribution is 2.10. The van der Waals surface area contributed by atoms with Gasteiger partial charge < -0.3 is 5.11 Å². The molecule has 0 radical (unpaired) electrons. The molecule has 0 saturated heterocycles. The Bertz CT molecular complexity index is 443. The maximum atomic E-state index is 10.9. The van der Waals surface area contributed by atoms with Crippen LogP contribution >= 0.6 is 11.8 Å². The Kier molecular flexibility index (Phi) is 5.42. The highest BCUT2D eigenvalue weighted by molar-refractivity contribution is 8.13. The van der Waals surface area contributed by atoms with E-state index in [2.05, 4.69) is 4.98 Å². The molecular formula is C12H13NO3S. The molecule has 0 aliphatic heterocycles. The van der Waals surface area contributed by atoms with Gasteiger partial charge in [0.1, 0.15) is 0 Å². The molecule has 1 heterocycles. The second-order valence-electron chi connectivity index (χ2n) is 3.30. The van der Waals surface area contributed by atoms with Crippen molar-refractivity contribution in [2.24, 2.45) is 0 Å². The van der Waals surface area contributed by atoms with Gasteiger partial charge in [0, 0.05) is 30.6 Å². The van der Waals surface area contributed by atoms with Gasteiger partial charge in [-0.2, -0.15) is 0 Å². The molecule has 0 saturated carbocycles. The quantitative estimate of drug-likeness (QED) is 0.814. The molecule has 1 aromatic heterocycles. The molecule has 0 aliphatic carbocycles. The lowest BCUT2D eigenvalue weighted by atomic mass is 10.1. The first kappa shape index (κ1) is 13.4. The minimum Gasteiger partial charge on any atom is -0.478 e. The summed E-state index contributed by atoms with van der Waals surface area (Å²) in [6, 6.07) is 1.46. The fraction of sp³-hybridized carbons (Fsp3) is 0.250. The molecule has 0 unspecified atom stereocenters. The molecule has 17 heavy (non-hydrogen) atoms. The molecular weight excluding hydrogens is 238 g/mol. The van der Waals surface area contributed by atoms with Gasteiger partial charge in [-0.1, -0.05) is 23.9 Å². The maximum Gasteiger partial charge on any atom is 0.336 e. The second-order valence-corrected chi connectivity index (χ2v) is 4.57. The van der Waals surface area contributed by atoms with E-state index in [0.717, 1.165) is 6.42 Å². The van der Waals surface area contributed by atoms with Crippen molar-refractivity contribution in [2.75, 3.05) is 5.75 Å². The number of nitrogens with zero attached hydrogens (tertiary/aromatic N) is 1. The molecule has 1 N–H and O–H groups in total. The monoisotopic (exact) mass is 251 g/mol. The summed E-state index contributed by atoms with van der Waals surface area (Å²) in [6.07, 6.45) is 7.25. The number of hydrogen-bond donors (Lipinski definition) is 1. The summed E-state index contributed by atoms with van der Waals surface area (Å²) < 4.78 is 0. The van der Waals surface area contributed by atoms with Gasteiger partial charge in [0.05, 0.1) is 5.56 Å². The number of rotatable bonds is 5. The second kappa shape index (κ2) is 6.85. The van der Waals surface area contributed by atoms with Crippen molar-refractivity contribution >= 4 is 28.9 Å². The molecule has 0 fully saturated rings. The average Bonchev–Trinajstić information content (AvgIpc) is 2.28. The van der Waals surface area contributed by atoms with Crippen molar-refractivity contribution in [3.8, 4) is 0 Å². The van der Waals surface area contributed by atoms with E-state index in [1.807, 2.05) is 6.08 Å². The van der Waals surface area contributed by atoms with Gasteiger partial charge in [-0.05, 0) is 12.5 Å². The molecule has 0 atom stereocenters. The maximum absolute atomic E-state index is 10.9.